The zero-order chi connectivity index (χ0) is 32.8. The summed E-state index contributed by atoms with van der Waals surface area (Å²) in [6, 6.07) is 0. The van der Waals surface area contributed by atoms with Crippen LogP contribution in [0.3, 0.4) is 0 Å². The molecule has 2 N–H and O–H groups in total. The van der Waals surface area contributed by atoms with Crippen LogP contribution in [0.25, 0.3) is 0 Å². The van der Waals surface area contributed by atoms with Crippen molar-refractivity contribution in [1.82, 2.24) is 0 Å². The summed E-state index contributed by atoms with van der Waals surface area (Å²) in [6.07, 6.45) is 18.8. The lowest BCUT2D eigenvalue weighted by molar-refractivity contribution is -0.152. The number of aliphatic hydroxyl groups is 1. The van der Waals surface area contributed by atoms with Crippen LogP contribution in [0.1, 0.15) is 157 Å². The normalized spacial score (nSPS) is 34.0. The smallest absolute Gasteiger partial charge is 0.306 e. The second-order valence-corrected chi connectivity index (χ2v) is 16.5. The number of esters is 1. The van der Waals surface area contributed by atoms with E-state index in [9.17, 15) is 19.5 Å². The van der Waals surface area contributed by atoms with Crippen LogP contribution in [0.5, 0.6) is 0 Å². The second-order valence-electron chi connectivity index (χ2n) is 16.5. The average molecular weight is 629 g/mol. The Labute approximate surface area is 273 Å². The summed E-state index contributed by atoms with van der Waals surface area (Å²) in [4.78, 5) is 37.2. The lowest BCUT2D eigenvalue weighted by Crippen LogP contribution is -2.53. The van der Waals surface area contributed by atoms with Crippen LogP contribution in [-0.2, 0) is 19.1 Å². The number of carboxylic acids is 1. The van der Waals surface area contributed by atoms with Crippen molar-refractivity contribution >= 4 is 17.7 Å². The largest absolute Gasteiger partial charge is 0.481 e. The molecule has 4 aliphatic rings. The first-order valence-electron chi connectivity index (χ1n) is 18.7. The predicted octanol–water partition coefficient (Wildman–Crippen LogP) is 9.08. The van der Waals surface area contributed by atoms with E-state index in [0.29, 0.717) is 43.3 Å². The number of aliphatic hydroxyl groups excluding tert-OH is 1. The van der Waals surface area contributed by atoms with E-state index < -0.39 is 12.1 Å². The first-order valence-corrected chi connectivity index (χ1v) is 18.7. The minimum Gasteiger partial charge on any atom is -0.481 e. The number of allylic oxidation sites excluding steroid dienone is 1. The van der Waals surface area contributed by atoms with E-state index in [0.717, 1.165) is 69.1 Å². The third kappa shape index (κ3) is 8.82. The monoisotopic (exact) mass is 628 g/mol. The molecule has 0 radical (unpaired) electrons. The van der Waals surface area contributed by atoms with Gasteiger partial charge in [-0.3, -0.25) is 14.4 Å². The van der Waals surface area contributed by atoms with E-state index in [-0.39, 0.29) is 35.2 Å². The summed E-state index contributed by atoms with van der Waals surface area (Å²) in [5.74, 6) is 2.70. The Kier molecular flexibility index (Phi) is 12.8. The number of fused-ring (bicyclic) bond motifs is 5. The fraction of sp³-hybridized carbons (Fsp3) is 0.872. The Morgan fingerprint density at radius 1 is 0.867 bits per heavy atom. The Hall–Kier alpha value is -1.69. The molecule has 256 valence electrons. The van der Waals surface area contributed by atoms with Gasteiger partial charge in [-0.1, -0.05) is 85.1 Å². The minimum absolute atomic E-state index is 0.0107. The van der Waals surface area contributed by atoms with Crippen LogP contribution in [0, 0.1) is 46.3 Å². The van der Waals surface area contributed by atoms with Crippen molar-refractivity contribution in [3.8, 4) is 0 Å². The number of carboxylic acid groups (broad SMARTS) is 1. The minimum atomic E-state index is -0.868. The van der Waals surface area contributed by atoms with Gasteiger partial charge in [-0.25, -0.2) is 0 Å². The molecule has 0 aromatic heterocycles. The first kappa shape index (κ1) is 36.2. The zero-order valence-electron chi connectivity index (χ0n) is 29.2. The number of carbonyl (C=O) groups is 3. The van der Waals surface area contributed by atoms with E-state index in [1.54, 1.807) is 0 Å². The molecule has 4 aliphatic carbocycles. The van der Waals surface area contributed by atoms with Gasteiger partial charge in [-0.05, 0) is 104 Å². The summed E-state index contributed by atoms with van der Waals surface area (Å²) in [5, 5.41) is 18.6. The quantitative estimate of drug-likeness (QED) is 0.123. The lowest BCUT2D eigenvalue weighted by atomic mass is 9.46. The lowest BCUT2D eigenvalue weighted by Gasteiger charge is -2.57. The van der Waals surface area contributed by atoms with Crippen LogP contribution in [0.4, 0.5) is 0 Å². The molecule has 0 amide bonds. The topological polar surface area (TPSA) is 101 Å². The van der Waals surface area contributed by atoms with Crippen LogP contribution >= 0.6 is 0 Å². The number of hydrogen-bond donors (Lipinski definition) is 2. The van der Waals surface area contributed by atoms with Gasteiger partial charge in [0.15, 0.2) is 5.78 Å². The van der Waals surface area contributed by atoms with Crippen LogP contribution < -0.4 is 0 Å². The van der Waals surface area contributed by atoms with Crippen molar-refractivity contribution in [2.75, 3.05) is 0 Å². The number of hydrogen-bond acceptors (Lipinski definition) is 5. The Morgan fingerprint density at radius 3 is 2.33 bits per heavy atom. The SMILES string of the molecule is CC(C)CCCC(C)C1CCC2C3C(=O)C=C4CC(OC(=O)CCCCCCCC(O)CCC(=O)O)CCC4(C)C3CCC12C. The Morgan fingerprint density at radius 2 is 1.60 bits per heavy atom. The third-order valence-corrected chi connectivity index (χ3v) is 13.0. The molecular formula is C39H64O6. The van der Waals surface area contributed by atoms with Crippen LogP contribution in [0.15, 0.2) is 11.6 Å². The average Bonchev–Trinajstić information content (AvgIpc) is 3.33. The van der Waals surface area contributed by atoms with Gasteiger partial charge >= 0.3 is 11.9 Å². The van der Waals surface area contributed by atoms with E-state index >= 15 is 0 Å². The fourth-order valence-corrected chi connectivity index (χ4v) is 10.4. The van der Waals surface area contributed by atoms with Gasteiger partial charge < -0.3 is 14.9 Å². The molecule has 4 rings (SSSR count). The van der Waals surface area contributed by atoms with Crippen molar-refractivity contribution in [2.24, 2.45) is 46.3 Å². The van der Waals surface area contributed by atoms with Gasteiger partial charge in [0.05, 0.1) is 6.10 Å². The maximum atomic E-state index is 13.9. The molecule has 45 heavy (non-hydrogen) atoms. The molecule has 0 aromatic carbocycles. The summed E-state index contributed by atoms with van der Waals surface area (Å²) in [5.41, 5.74) is 1.57. The highest BCUT2D eigenvalue weighted by Crippen LogP contribution is 2.66. The summed E-state index contributed by atoms with van der Waals surface area (Å²) >= 11 is 0. The molecular weight excluding hydrogens is 564 g/mol. The number of ether oxygens (including phenoxy) is 1. The highest BCUT2D eigenvalue weighted by molar-refractivity contribution is 5.94. The zero-order valence-corrected chi connectivity index (χ0v) is 29.2. The van der Waals surface area contributed by atoms with Gasteiger partial charge in [0.2, 0.25) is 0 Å². The molecule has 3 saturated carbocycles. The number of unbranched alkanes of at least 4 members (excludes halogenated alkanes) is 4. The molecule has 6 nitrogen and oxygen atoms in total. The molecule has 0 spiro atoms. The standard InChI is InChI=1S/C39H64O6/c1-26(2)12-11-13-27(3)31-17-18-32-37-33(21-23-39(31,32)5)38(4)22-20-30(24-28(38)25-34(37)41)45-36(44)15-10-8-6-7-9-14-29(40)16-19-35(42)43/h25-27,29-33,37,40H,6-24H2,1-5H3,(H,42,43). The molecule has 9 atom stereocenters. The Balaban J connectivity index is 1.23. The van der Waals surface area contributed by atoms with E-state index in [1.165, 1.54) is 44.1 Å². The molecule has 0 bridgehead atoms. The van der Waals surface area contributed by atoms with Gasteiger partial charge in [0.1, 0.15) is 6.10 Å². The summed E-state index contributed by atoms with van der Waals surface area (Å²) < 4.78 is 5.96. The van der Waals surface area contributed by atoms with Gasteiger partial charge in [-0.2, -0.15) is 0 Å². The van der Waals surface area contributed by atoms with Gasteiger partial charge in [-0.15, -0.1) is 0 Å². The molecule has 9 unspecified atom stereocenters. The van der Waals surface area contributed by atoms with Crippen molar-refractivity contribution < 1.29 is 29.3 Å². The maximum Gasteiger partial charge on any atom is 0.306 e. The van der Waals surface area contributed by atoms with Crippen molar-refractivity contribution in [3.05, 3.63) is 11.6 Å². The number of ketones is 1. The van der Waals surface area contributed by atoms with Crippen molar-refractivity contribution in [3.63, 3.8) is 0 Å². The number of carbonyl (C=O) groups excluding carboxylic acids is 2. The molecule has 3 fully saturated rings. The van der Waals surface area contributed by atoms with Crippen LogP contribution in [0.2, 0.25) is 0 Å². The third-order valence-electron chi connectivity index (χ3n) is 13.0. The van der Waals surface area contributed by atoms with E-state index in [1.807, 2.05) is 6.08 Å². The van der Waals surface area contributed by atoms with Crippen LogP contribution in [-0.4, -0.2) is 40.1 Å². The van der Waals surface area contributed by atoms with Crippen molar-refractivity contribution in [1.29, 1.82) is 0 Å². The number of aliphatic carboxylic acids is 1. The molecule has 0 heterocycles. The predicted molar refractivity (Wildman–Crippen MR) is 179 cm³/mol. The van der Waals surface area contributed by atoms with Gasteiger partial charge in [0.25, 0.3) is 0 Å². The maximum absolute atomic E-state index is 13.9. The van der Waals surface area contributed by atoms with Gasteiger partial charge in [0, 0.05) is 25.2 Å². The highest BCUT2D eigenvalue weighted by atomic mass is 16.5. The summed E-state index contributed by atoms with van der Waals surface area (Å²) in [7, 11) is 0. The van der Waals surface area contributed by atoms with E-state index in [2.05, 4.69) is 34.6 Å². The molecule has 6 heteroatoms. The highest BCUT2D eigenvalue weighted by Gasteiger charge is 2.61. The second kappa shape index (κ2) is 15.9. The Bertz CT molecular complexity index is 1050. The molecule has 0 aliphatic heterocycles. The molecule has 0 aromatic rings. The van der Waals surface area contributed by atoms with E-state index in [4.69, 9.17) is 9.84 Å². The summed E-state index contributed by atoms with van der Waals surface area (Å²) in [6.45, 7) is 12.1. The molecule has 0 saturated heterocycles. The fourth-order valence-electron chi connectivity index (χ4n) is 10.4. The number of rotatable bonds is 17. The first-order chi connectivity index (χ1) is 21.3. The van der Waals surface area contributed by atoms with Crippen molar-refractivity contribution in [2.45, 2.75) is 169 Å².